The molecule has 1 saturated heterocycles. The van der Waals surface area contributed by atoms with E-state index in [1.807, 2.05) is 12.3 Å². The molecule has 0 aromatic rings. The maximum absolute atomic E-state index is 11.5. The molecule has 2 N–H and O–H groups in total. The maximum atomic E-state index is 11.5. The van der Waals surface area contributed by atoms with E-state index >= 15 is 0 Å². The molecule has 4 rings (SSSR count). The van der Waals surface area contributed by atoms with Gasteiger partial charge in [0.2, 0.25) is 11.6 Å². The fourth-order valence-corrected chi connectivity index (χ4v) is 3.64. The van der Waals surface area contributed by atoms with E-state index in [0.717, 1.165) is 43.8 Å². The minimum absolute atomic E-state index is 0.0780. The van der Waals surface area contributed by atoms with E-state index in [1.54, 1.807) is 6.21 Å². The van der Waals surface area contributed by atoms with Crippen LogP contribution in [-0.4, -0.2) is 47.8 Å². The third-order valence-corrected chi connectivity index (χ3v) is 4.85. The summed E-state index contributed by atoms with van der Waals surface area (Å²) in [7, 11) is 0. The molecule has 22 heavy (non-hydrogen) atoms. The average molecular weight is 297 g/mol. The normalized spacial score (nSPS) is 32.8. The molecule has 2 unspecified atom stereocenters. The van der Waals surface area contributed by atoms with Gasteiger partial charge in [-0.2, -0.15) is 0 Å². The molecule has 4 aliphatic rings. The van der Waals surface area contributed by atoms with Crippen molar-refractivity contribution < 1.29 is 4.79 Å². The predicted molar refractivity (Wildman–Crippen MR) is 86.0 cm³/mol. The molecule has 0 radical (unpaired) electrons. The van der Waals surface area contributed by atoms with Gasteiger partial charge in [-0.05, 0) is 24.5 Å². The molecule has 6 nitrogen and oxygen atoms in total. The molecular formula is C16H19N5O. The molecule has 4 aliphatic heterocycles. The summed E-state index contributed by atoms with van der Waals surface area (Å²) in [4.78, 5) is 27.7. The molecule has 2 atom stereocenters. The second kappa shape index (κ2) is 4.90. The zero-order chi connectivity index (χ0) is 15.2. The van der Waals surface area contributed by atoms with E-state index in [9.17, 15) is 4.79 Å². The van der Waals surface area contributed by atoms with Crippen molar-refractivity contribution in [3.8, 4) is 0 Å². The van der Waals surface area contributed by atoms with Gasteiger partial charge in [-0.3, -0.25) is 14.8 Å². The van der Waals surface area contributed by atoms with Crippen LogP contribution in [0.2, 0.25) is 0 Å². The molecular weight excluding hydrogens is 278 g/mol. The average Bonchev–Trinajstić information content (AvgIpc) is 2.96. The minimum atomic E-state index is -0.637. The van der Waals surface area contributed by atoms with Crippen LogP contribution < -0.4 is 5.73 Å². The quantitative estimate of drug-likeness (QED) is 0.734. The lowest BCUT2D eigenvalue weighted by Crippen LogP contribution is -2.46. The van der Waals surface area contributed by atoms with Crippen LogP contribution in [0.15, 0.2) is 38.4 Å². The van der Waals surface area contributed by atoms with Gasteiger partial charge in [-0.15, -0.1) is 0 Å². The van der Waals surface area contributed by atoms with Gasteiger partial charge >= 0.3 is 0 Å². The van der Waals surface area contributed by atoms with Crippen LogP contribution in [-0.2, 0) is 4.79 Å². The Balaban J connectivity index is 1.65. The summed E-state index contributed by atoms with van der Waals surface area (Å²) in [6.45, 7) is 1.59. The first-order valence-corrected chi connectivity index (χ1v) is 7.80. The number of dihydropyridines is 1. The van der Waals surface area contributed by atoms with E-state index in [2.05, 4.69) is 21.0 Å². The Morgan fingerprint density at radius 3 is 3.18 bits per heavy atom. The third kappa shape index (κ3) is 1.94. The summed E-state index contributed by atoms with van der Waals surface area (Å²) >= 11 is 0. The number of nitrogens with two attached hydrogens (primary N) is 1. The van der Waals surface area contributed by atoms with E-state index < -0.39 is 5.66 Å². The van der Waals surface area contributed by atoms with Crippen molar-refractivity contribution in [1.82, 2.24) is 4.90 Å². The lowest BCUT2D eigenvalue weighted by Gasteiger charge is -2.39. The molecule has 114 valence electrons. The van der Waals surface area contributed by atoms with Crippen LogP contribution in [0.25, 0.3) is 0 Å². The fraction of sp³-hybridized carbons (Fsp3) is 0.500. The van der Waals surface area contributed by atoms with Gasteiger partial charge in [0.15, 0.2) is 0 Å². The number of hydrogen-bond donors (Lipinski definition) is 1. The zero-order valence-corrected chi connectivity index (χ0v) is 12.4. The highest BCUT2D eigenvalue weighted by Gasteiger charge is 2.44. The number of aliphatic imine (C=N–C) groups is 3. The largest absolute Gasteiger partial charge is 0.369 e. The summed E-state index contributed by atoms with van der Waals surface area (Å²) in [5, 5.41) is 0. The Kier molecular flexibility index (Phi) is 2.99. The monoisotopic (exact) mass is 297 g/mol. The Labute approximate surface area is 129 Å². The first-order valence-electron chi connectivity index (χ1n) is 7.80. The number of likely N-dealkylation sites (tertiary alicyclic amines) is 1. The minimum Gasteiger partial charge on any atom is -0.369 e. The molecule has 1 spiro atoms. The van der Waals surface area contributed by atoms with Gasteiger partial charge in [0.05, 0.1) is 11.6 Å². The van der Waals surface area contributed by atoms with Crippen LogP contribution in [0.5, 0.6) is 0 Å². The predicted octanol–water partition coefficient (Wildman–Crippen LogP) is 1.05. The second-order valence-electron chi connectivity index (χ2n) is 6.17. The van der Waals surface area contributed by atoms with Gasteiger partial charge in [-0.25, -0.2) is 4.99 Å². The Morgan fingerprint density at radius 2 is 2.32 bits per heavy atom. The fourth-order valence-electron chi connectivity index (χ4n) is 3.64. The van der Waals surface area contributed by atoms with E-state index in [-0.39, 0.29) is 11.8 Å². The van der Waals surface area contributed by atoms with Crippen LogP contribution in [0.4, 0.5) is 0 Å². The van der Waals surface area contributed by atoms with Crippen molar-refractivity contribution in [3.05, 3.63) is 23.4 Å². The van der Waals surface area contributed by atoms with Crippen molar-refractivity contribution in [2.45, 2.75) is 31.3 Å². The van der Waals surface area contributed by atoms with Gasteiger partial charge in [-0.1, -0.05) is 6.08 Å². The molecule has 0 bridgehead atoms. The van der Waals surface area contributed by atoms with Crippen molar-refractivity contribution in [1.29, 1.82) is 0 Å². The van der Waals surface area contributed by atoms with E-state index in [4.69, 9.17) is 10.7 Å². The summed E-state index contributed by atoms with van der Waals surface area (Å²) in [6, 6.07) is 0. The molecule has 0 saturated carbocycles. The number of piperidine rings is 1. The van der Waals surface area contributed by atoms with Gasteiger partial charge in [0.1, 0.15) is 5.84 Å². The standard InChI is InChI=1S/C16H19N5O/c17-15(22)11-2-1-9-21(10-11)14-4-3-12-5-7-18-13-6-8-19-16(12,13)20-14/h3,6-8,11H,1-2,4-5,9-10H2,(H2,17,22). The molecule has 1 amide bonds. The first-order chi connectivity index (χ1) is 10.7. The Bertz CT molecular complexity index is 672. The number of amides is 1. The SMILES string of the molecule is NC(=O)C1CCCN(C2=NC34N=CC=C3N=CCC4=CC2)C1. The van der Waals surface area contributed by atoms with E-state index in [1.165, 1.54) is 5.57 Å². The number of nitrogens with zero attached hydrogens (tertiary/aromatic N) is 4. The van der Waals surface area contributed by atoms with Crippen LogP contribution in [0.1, 0.15) is 25.7 Å². The Hall–Kier alpha value is -2.24. The zero-order valence-electron chi connectivity index (χ0n) is 12.4. The number of primary amides is 1. The summed E-state index contributed by atoms with van der Waals surface area (Å²) in [5.41, 5.74) is 6.94. The third-order valence-electron chi connectivity index (χ3n) is 4.85. The van der Waals surface area contributed by atoms with Crippen molar-refractivity contribution >= 4 is 24.2 Å². The summed E-state index contributed by atoms with van der Waals surface area (Å²) < 4.78 is 0. The van der Waals surface area contributed by atoms with E-state index in [0.29, 0.717) is 6.54 Å². The summed E-state index contributed by atoms with van der Waals surface area (Å²) in [5.74, 6) is 0.708. The molecule has 6 heteroatoms. The highest BCUT2D eigenvalue weighted by Crippen LogP contribution is 2.42. The number of rotatable bonds is 1. The highest BCUT2D eigenvalue weighted by atomic mass is 16.1. The second-order valence-corrected chi connectivity index (χ2v) is 6.17. The van der Waals surface area contributed by atoms with Crippen molar-refractivity contribution in [2.24, 2.45) is 26.6 Å². The Morgan fingerprint density at radius 1 is 1.41 bits per heavy atom. The van der Waals surface area contributed by atoms with Crippen molar-refractivity contribution in [3.63, 3.8) is 0 Å². The molecule has 0 aromatic carbocycles. The highest BCUT2D eigenvalue weighted by molar-refractivity contribution is 5.91. The lowest BCUT2D eigenvalue weighted by molar-refractivity contribution is -0.122. The topological polar surface area (TPSA) is 83.4 Å². The molecule has 4 heterocycles. The van der Waals surface area contributed by atoms with Gasteiger partial charge < -0.3 is 10.6 Å². The summed E-state index contributed by atoms with van der Waals surface area (Å²) in [6.07, 6.45) is 11.3. The van der Waals surface area contributed by atoms with Gasteiger partial charge in [0.25, 0.3) is 0 Å². The number of allylic oxidation sites excluding steroid dienone is 1. The number of hydrogen-bond acceptors (Lipinski definition) is 5. The maximum Gasteiger partial charge on any atom is 0.222 e. The lowest BCUT2D eigenvalue weighted by atomic mass is 9.89. The smallest absolute Gasteiger partial charge is 0.222 e. The number of carbonyl (C=O) groups excluding carboxylic acids is 1. The molecule has 0 aliphatic carbocycles. The molecule has 1 fully saturated rings. The number of amidine groups is 1. The van der Waals surface area contributed by atoms with Crippen LogP contribution >= 0.6 is 0 Å². The first kappa shape index (κ1) is 13.4. The van der Waals surface area contributed by atoms with Crippen LogP contribution in [0.3, 0.4) is 0 Å². The van der Waals surface area contributed by atoms with Gasteiger partial charge in [0, 0.05) is 38.4 Å². The van der Waals surface area contributed by atoms with Crippen molar-refractivity contribution in [2.75, 3.05) is 13.1 Å². The molecule has 0 aromatic heterocycles. The number of carbonyl (C=O) groups is 1. The van der Waals surface area contributed by atoms with Crippen LogP contribution in [0, 0.1) is 5.92 Å².